The van der Waals surface area contributed by atoms with Crippen LogP contribution in [0, 0.1) is 12.7 Å². The molecule has 1 aromatic carbocycles. The minimum atomic E-state index is -0.509. The van der Waals surface area contributed by atoms with E-state index < -0.39 is 5.82 Å². The van der Waals surface area contributed by atoms with Gasteiger partial charge in [0.15, 0.2) is 11.6 Å². The summed E-state index contributed by atoms with van der Waals surface area (Å²) in [6, 6.07) is 5.49. The number of halogens is 1. The molecule has 0 radical (unpaired) electrons. The lowest BCUT2D eigenvalue weighted by molar-refractivity contribution is 0.170. The largest absolute Gasteiger partial charge is 0.368 e. The summed E-state index contributed by atoms with van der Waals surface area (Å²) in [4.78, 5) is 20.7. The first-order valence-corrected chi connectivity index (χ1v) is 10.9. The van der Waals surface area contributed by atoms with Gasteiger partial charge in [-0.25, -0.2) is 14.2 Å². The fraction of sp³-hybridized carbons (Fsp3) is 0.500. The Bertz CT molecular complexity index is 1210. The van der Waals surface area contributed by atoms with Gasteiger partial charge < -0.3 is 16.0 Å². The number of hydrogen-bond donors (Lipinski definition) is 3. The van der Waals surface area contributed by atoms with Crippen LogP contribution in [0.15, 0.2) is 29.2 Å². The second kappa shape index (κ2) is 8.22. The monoisotopic (exact) mass is 455 g/mol. The lowest BCUT2D eigenvalue weighted by atomic mass is 9.79. The zero-order valence-electron chi connectivity index (χ0n) is 19.8. The molecule has 10 nitrogen and oxygen atoms in total. The van der Waals surface area contributed by atoms with E-state index in [-0.39, 0.29) is 34.6 Å². The summed E-state index contributed by atoms with van der Waals surface area (Å²) in [7, 11) is 1.54. The van der Waals surface area contributed by atoms with Crippen LogP contribution in [0.25, 0.3) is 5.69 Å². The smallest absolute Gasteiger partial charge is 0.365 e. The van der Waals surface area contributed by atoms with Gasteiger partial charge in [-0.3, -0.25) is 0 Å². The van der Waals surface area contributed by atoms with Gasteiger partial charge in [-0.1, -0.05) is 6.07 Å². The van der Waals surface area contributed by atoms with E-state index >= 15 is 0 Å². The van der Waals surface area contributed by atoms with E-state index in [4.69, 9.17) is 0 Å². The number of piperidine rings is 1. The summed E-state index contributed by atoms with van der Waals surface area (Å²) in [5.74, 6) is -0.110. The predicted octanol–water partition coefficient (Wildman–Crippen LogP) is 2.67. The molecule has 33 heavy (non-hydrogen) atoms. The van der Waals surface area contributed by atoms with Gasteiger partial charge in [-0.05, 0) is 75.6 Å². The van der Waals surface area contributed by atoms with Crippen LogP contribution >= 0.6 is 0 Å². The Hall–Kier alpha value is -3.34. The Morgan fingerprint density at radius 1 is 1.15 bits per heavy atom. The molecule has 1 fully saturated rings. The third kappa shape index (κ3) is 5.03. The Labute approximate surface area is 191 Å². The van der Waals surface area contributed by atoms with Crippen molar-refractivity contribution in [1.82, 2.24) is 35.1 Å². The fourth-order valence-electron chi connectivity index (χ4n) is 4.66. The molecule has 0 saturated carbocycles. The van der Waals surface area contributed by atoms with Gasteiger partial charge in [-0.15, -0.1) is 0 Å². The summed E-state index contributed by atoms with van der Waals surface area (Å²) in [6.07, 6.45) is 2.81. The van der Waals surface area contributed by atoms with Gasteiger partial charge >= 0.3 is 5.69 Å². The minimum absolute atomic E-state index is 0.0583. The predicted molar refractivity (Wildman–Crippen MR) is 125 cm³/mol. The Morgan fingerprint density at radius 3 is 2.48 bits per heavy atom. The van der Waals surface area contributed by atoms with Crippen molar-refractivity contribution in [2.75, 3.05) is 10.6 Å². The highest BCUT2D eigenvalue weighted by Gasteiger charge is 2.38. The number of nitrogens with one attached hydrogen (secondary N) is 3. The molecular formula is C22H30FN9O. The van der Waals surface area contributed by atoms with Crippen molar-refractivity contribution in [2.45, 2.75) is 64.6 Å². The topological polar surface area (TPSA) is 115 Å². The van der Waals surface area contributed by atoms with E-state index in [0.717, 1.165) is 29.3 Å². The van der Waals surface area contributed by atoms with E-state index in [0.29, 0.717) is 11.4 Å². The molecular weight excluding hydrogens is 425 g/mol. The first-order valence-electron chi connectivity index (χ1n) is 10.9. The van der Waals surface area contributed by atoms with E-state index in [1.807, 2.05) is 19.1 Å². The lowest BCUT2D eigenvalue weighted by Gasteiger charge is -2.46. The number of nitrogens with zero attached hydrogens (tertiary/aromatic N) is 6. The van der Waals surface area contributed by atoms with Crippen LogP contribution in [0.3, 0.4) is 0 Å². The molecule has 1 aliphatic rings. The molecule has 2 aromatic heterocycles. The molecule has 3 aromatic rings. The van der Waals surface area contributed by atoms with Crippen LogP contribution in [0.1, 0.15) is 46.1 Å². The third-order valence-corrected chi connectivity index (χ3v) is 5.69. The summed E-state index contributed by atoms with van der Waals surface area (Å²) in [5, 5.41) is 17.6. The van der Waals surface area contributed by atoms with E-state index in [1.54, 1.807) is 6.07 Å². The van der Waals surface area contributed by atoms with Crippen molar-refractivity contribution in [1.29, 1.82) is 0 Å². The second-order valence-electron chi connectivity index (χ2n) is 9.96. The van der Waals surface area contributed by atoms with Crippen molar-refractivity contribution in [2.24, 2.45) is 7.05 Å². The van der Waals surface area contributed by atoms with Crippen molar-refractivity contribution in [3.8, 4) is 5.69 Å². The molecule has 3 N–H and O–H groups in total. The number of anilines is 3. The van der Waals surface area contributed by atoms with Crippen LogP contribution < -0.4 is 21.6 Å². The molecule has 0 aliphatic carbocycles. The van der Waals surface area contributed by atoms with Gasteiger partial charge in [0.05, 0.1) is 11.9 Å². The summed E-state index contributed by atoms with van der Waals surface area (Å²) in [5.41, 5.74) is 1.54. The van der Waals surface area contributed by atoms with Crippen LogP contribution in [-0.4, -0.2) is 46.9 Å². The first kappa shape index (κ1) is 22.8. The van der Waals surface area contributed by atoms with Crippen molar-refractivity contribution in [3.63, 3.8) is 0 Å². The number of aryl methyl sites for hydroxylation is 2. The Balaban J connectivity index is 1.57. The third-order valence-electron chi connectivity index (χ3n) is 5.69. The van der Waals surface area contributed by atoms with Crippen LogP contribution in [-0.2, 0) is 7.05 Å². The van der Waals surface area contributed by atoms with Gasteiger partial charge in [0.2, 0.25) is 5.95 Å². The quantitative estimate of drug-likeness (QED) is 0.538. The highest BCUT2D eigenvalue weighted by Crippen LogP contribution is 2.31. The van der Waals surface area contributed by atoms with Crippen LogP contribution in [0.2, 0.25) is 0 Å². The number of aromatic nitrogens is 6. The summed E-state index contributed by atoms with van der Waals surface area (Å²) < 4.78 is 16.9. The SMILES string of the molecule is Cc1ccc(Nc2ncc(F)c(NC3CC(C)(C)NC(C)(C)C3)n2)cc1-n1nnn(C)c1=O. The molecule has 0 spiro atoms. The molecule has 3 heterocycles. The summed E-state index contributed by atoms with van der Waals surface area (Å²) in [6.45, 7) is 10.4. The van der Waals surface area contributed by atoms with Gasteiger partial charge in [0.1, 0.15) is 0 Å². The molecule has 1 saturated heterocycles. The minimum Gasteiger partial charge on any atom is -0.365 e. The van der Waals surface area contributed by atoms with E-state index in [1.165, 1.54) is 11.7 Å². The highest BCUT2D eigenvalue weighted by atomic mass is 19.1. The Morgan fingerprint density at radius 2 is 1.85 bits per heavy atom. The average Bonchev–Trinajstić information content (AvgIpc) is 3.02. The van der Waals surface area contributed by atoms with Crippen molar-refractivity contribution < 1.29 is 4.39 Å². The molecule has 0 atom stereocenters. The number of tetrazole rings is 1. The zero-order valence-corrected chi connectivity index (χ0v) is 19.8. The number of benzene rings is 1. The number of rotatable bonds is 5. The average molecular weight is 456 g/mol. The van der Waals surface area contributed by atoms with E-state index in [9.17, 15) is 9.18 Å². The first-order chi connectivity index (χ1) is 15.4. The van der Waals surface area contributed by atoms with Crippen molar-refractivity contribution >= 4 is 17.5 Å². The molecule has 1 aliphatic heterocycles. The van der Waals surface area contributed by atoms with E-state index in [2.05, 4.69) is 64.0 Å². The van der Waals surface area contributed by atoms with Crippen LogP contribution in [0.4, 0.5) is 21.8 Å². The maximum Gasteiger partial charge on any atom is 0.368 e. The maximum absolute atomic E-state index is 14.5. The molecule has 176 valence electrons. The zero-order chi connectivity index (χ0) is 24.0. The second-order valence-corrected chi connectivity index (χ2v) is 9.96. The molecule has 11 heteroatoms. The fourth-order valence-corrected chi connectivity index (χ4v) is 4.66. The van der Waals surface area contributed by atoms with Crippen LogP contribution in [0.5, 0.6) is 0 Å². The number of hydrogen-bond acceptors (Lipinski definition) is 8. The molecule has 0 amide bonds. The summed E-state index contributed by atoms with van der Waals surface area (Å²) >= 11 is 0. The standard InChI is InChI=1S/C22H30FN9O/c1-13-7-8-14(9-17(13)32-20(33)31(6)29-30-32)26-19-24-12-16(23)18(27-19)25-15-10-21(2,3)28-22(4,5)11-15/h7-9,12,15,28H,10-11H2,1-6H3,(H2,24,25,26,27). The molecule has 0 unspecified atom stereocenters. The van der Waals surface area contributed by atoms with Gasteiger partial charge in [0, 0.05) is 29.9 Å². The lowest BCUT2D eigenvalue weighted by Crippen LogP contribution is -2.60. The normalized spacial score (nSPS) is 17.7. The molecule has 0 bridgehead atoms. The van der Waals surface area contributed by atoms with Crippen molar-refractivity contribution in [3.05, 3.63) is 46.3 Å². The highest BCUT2D eigenvalue weighted by molar-refractivity contribution is 5.60. The maximum atomic E-state index is 14.5. The van der Waals surface area contributed by atoms with Gasteiger partial charge in [0.25, 0.3) is 0 Å². The Kier molecular flexibility index (Phi) is 5.69. The molecule has 4 rings (SSSR count). The van der Waals surface area contributed by atoms with Gasteiger partial charge in [-0.2, -0.15) is 14.3 Å².